The predicted molar refractivity (Wildman–Crippen MR) is 71.3 cm³/mol. The Morgan fingerprint density at radius 1 is 1.41 bits per heavy atom. The topological polar surface area (TPSA) is 46.2 Å². The minimum atomic E-state index is -0.281. The van der Waals surface area contributed by atoms with Crippen LogP contribution in [0.25, 0.3) is 0 Å². The number of benzene rings is 1. The molecule has 0 radical (unpaired) electrons. The number of carbonyl (C=O) groups is 2. The van der Waals surface area contributed by atoms with Crippen LogP contribution in [0.4, 0.5) is 0 Å². The summed E-state index contributed by atoms with van der Waals surface area (Å²) >= 11 is 9.06. The van der Waals surface area contributed by atoms with Crippen molar-refractivity contribution in [2.45, 2.75) is 13.8 Å². The minimum absolute atomic E-state index is 0.00591. The third kappa shape index (κ3) is 4.13. The molecule has 0 aliphatic rings. The Morgan fingerprint density at radius 3 is 2.59 bits per heavy atom. The number of halogens is 2. The predicted octanol–water partition coefficient (Wildman–Crippen LogP) is 3.06. The molecule has 1 aromatic rings. The lowest BCUT2D eigenvalue weighted by Gasteiger charge is -2.07. The van der Waals surface area contributed by atoms with Crippen molar-refractivity contribution in [1.29, 1.82) is 0 Å². The summed E-state index contributed by atoms with van der Waals surface area (Å²) in [5, 5.41) is 3.12. The first-order chi connectivity index (χ1) is 7.91. The van der Waals surface area contributed by atoms with Crippen LogP contribution in [-0.4, -0.2) is 18.2 Å². The van der Waals surface area contributed by atoms with Gasteiger partial charge < -0.3 is 5.32 Å². The molecule has 0 aliphatic heterocycles. The summed E-state index contributed by atoms with van der Waals surface area (Å²) in [6, 6.07) is 4.87. The fourth-order valence-corrected chi connectivity index (χ4v) is 1.61. The van der Waals surface area contributed by atoms with E-state index in [4.69, 9.17) is 11.6 Å². The van der Waals surface area contributed by atoms with Crippen LogP contribution < -0.4 is 5.32 Å². The van der Waals surface area contributed by atoms with Gasteiger partial charge in [-0.3, -0.25) is 9.59 Å². The van der Waals surface area contributed by atoms with Crippen LogP contribution >= 0.6 is 27.5 Å². The zero-order valence-corrected chi connectivity index (χ0v) is 11.9. The van der Waals surface area contributed by atoms with Crippen LogP contribution in [0.15, 0.2) is 22.7 Å². The Labute approximate surface area is 114 Å². The second-order valence-corrected chi connectivity index (χ2v) is 5.19. The van der Waals surface area contributed by atoms with E-state index in [9.17, 15) is 9.59 Å². The maximum absolute atomic E-state index is 11.7. The van der Waals surface area contributed by atoms with Crippen LogP contribution in [-0.2, 0) is 4.79 Å². The average molecular weight is 319 g/mol. The van der Waals surface area contributed by atoms with E-state index in [1.54, 1.807) is 32.0 Å². The van der Waals surface area contributed by atoms with E-state index in [0.717, 1.165) is 0 Å². The molecular formula is C12H13BrClNO2. The van der Waals surface area contributed by atoms with E-state index < -0.39 is 0 Å². The number of hydrogen-bond acceptors (Lipinski definition) is 2. The second kappa shape index (κ2) is 6.17. The lowest BCUT2D eigenvalue weighted by molar-refractivity contribution is -0.120. The largest absolute Gasteiger partial charge is 0.345 e. The third-order valence-corrected chi connectivity index (χ3v) is 3.46. The van der Waals surface area contributed by atoms with Crippen LogP contribution in [0.1, 0.15) is 24.2 Å². The third-order valence-electron chi connectivity index (χ3n) is 2.25. The highest BCUT2D eigenvalue weighted by Crippen LogP contribution is 2.23. The molecule has 0 heterocycles. The van der Waals surface area contributed by atoms with Crippen LogP contribution in [0.5, 0.6) is 0 Å². The van der Waals surface area contributed by atoms with Gasteiger partial charge in [-0.1, -0.05) is 25.4 Å². The molecule has 0 aromatic heterocycles. The van der Waals surface area contributed by atoms with Gasteiger partial charge >= 0.3 is 0 Å². The molecule has 0 saturated heterocycles. The van der Waals surface area contributed by atoms with Gasteiger partial charge in [-0.2, -0.15) is 0 Å². The molecule has 1 amide bonds. The van der Waals surface area contributed by atoms with Crippen molar-refractivity contribution < 1.29 is 9.59 Å². The molecule has 0 saturated carbocycles. The molecular weight excluding hydrogens is 305 g/mol. The van der Waals surface area contributed by atoms with Crippen molar-refractivity contribution in [2.75, 3.05) is 6.54 Å². The van der Waals surface area contributed by atoms with Crippen molar-refractivity contribution in [3.8, 4) is 0 Å². The second-order valence-electron chi connectivity index (χ2n) is 3.93. The van der Waals surface area contributed by atoms with E-state index in [0.29, 0.717) is 15.1 Å². The normalized spacial score (nSPS) is 10.4. The first-order valence-electron chi connectivity index (χ1n) is 5.17. The van der Waals surface area contributed by atoms with E-state index in [2.05, 4.69) is 21.2 Å². The number of rotatable bonds is 4. The van der Waals surface area contributed by atoms with Gasteiger partial charge in [-0.25, -0.2) is 0 Å². The molecule has 0 spiro atoms. The van der Waals surface area contributed by atoms with E-state index in [1.807, 2.05) is 0 Å². The molecule has 0 unspecified atom stereocenters. The highest BCUT2D eigenvalue weighted by Gasteiger charge is 2.11. The molecule has 1 N–H and O–H groups in total. The molecule has 17 heavy (non-hydrogen) atoms. The summed E-state index contributed by atoms with van der Waals surface area (Å²) in [7, 11) is 0. The SMILES string of the molecule is CC(C)C(=O)CNC(=O)c1ccc(Cl)c(Br)c1. The summed E-state index contributed by atoms with van der Waals surface area (Å²) in [5.41, 5.74) is 0.470. The van der Waals surface area contributed by atoms with Crippen molar-refractivity contribution in [3.05, 3.63) is 33.3 Å². The number of amides is 1. The summed E-state index contributed by atoms with van der Waals surface area (Å²) in [6.07, 6.45) is 0. The van der Waals surface area contributed by atoms with Crippen molar-refractivity contribution >= 4 is 39.2 Å². The van der Waals surface area contributed by atoms with Crippen molar-refractivity contribution in [2.24, 2.45) is 5.92 Å². The molecule has 0 atom stereocenters. The molecule has 0 aliphatic carbocycles. The molecule has 0 fully saturated rings. The van der Waals surface area contributed by atoms with Gasteiger partial charge in [0.1, 0.15) is 0 Å². The minimum Gasteiger partial charge on any atom is -0.345 e. The van der Waals surface area contributed by atoms with Gasteiger partial charge in [0.15, 0.2) is 5.78 Å². The van der Waals surface area contributed by atoms with Crippen LogP contribution in [0.3, 0.4) is 0 Å². The zero-order chi connectivity index (χ0) is 13.0. The Bertz CT molecular complexity index is 446. The number of Topliss-reactive ketones (excluding diaryl/α,β-unsaturated/α-hetero) is 1. The number of hydrogen-bond donors (Lipinski definition) is 1. The van der Waals surface area contributed by atoms with Crippen molar-refractivity contribution in [3.63, 3.8) is 0 Å². The van der Waals surface area contributed by atoms with E-state index >= 15 is 0 Å². The van der Waals surface area contributed by atoms with Gasteiger partial charge in [0.05, 0.1) is 11.6 Å². The molecule has 92 valence electrons. The van der Waals surface area contributed by atoms with E-state index in [-0.39, 0.29) is 24.2 Å². The standard InChI is InChI=1S/C12H13BrClNO2/c1-7(2)11(16)6-15-12(17)8-3-4-10(14)9(13)5-8/h3-5,7H,6H2,1-2H3,(H,15,17). The Hall–Kier alpha value is -0.870. The monoisotopic (exact) mass is 317 g/mol. The van der Waals surface area contributed by atoms with Gasteiger partial charge in [0.25, 0.3) is 5.91 Å². The quantitative estimate of drug-likeness (QED) is 0.927. The lowest BCUT2D eigenvalue weighted by Crippen LogP contribution is -2.31. The van der Waals surface area contributed by atoms with Gasteiger partial charge in [0, 0.05) is 16.0 Å². The fourth-order valence-electron chi connectivity index (χ4n) is 1.11. The first-order valence-corrected chi connectivity index (χ1v) is 6.35. The maximum atomic E-state index is 11.7. The smallest absolute Gasteiger partial charge is 0.251 e. The highest BCUT2D eigenvalue weighted by atomic mass is 79.9. The van der Waals surface area contributed by atoms with E-state index in [1.165, 1.54) is 0 Å². The van der Waals surface area contributed by atoms with Gasteiger partial charge in [-0.05, 0) is 34.1 Å². The van der Waals surface area contributed by atoms with Crippen LogP contribution in [0.2, 0.25) is 5.02 Å². The van der Waals surface area contributed by atoms with Gasteiger partial charge in [-0.15, -0.1) is 0 Å². The Balaban J connectivity index is 2.64. The lowest BCUT2D eigenvalue weighted by atomic mass is 10.1. The summed E-state index contributed by atoms with van der Waals surface area (Å²) < 4.78 is 0.655. The first kappa shape index (κ1) is 14.2. The number of carbonyl (C=O) groups excluding carboxylic acids is 2. The zero-order valence-electron chi connectivity index (χ0n) is 9.59. The summed E-state index contributed by atoms with van der Waals surface area (Å²) in [5.74, 6) is -0.352. The van der Waals surface area contributed by atoms with Crippen molar-refractivity contribution in [1.82, 2.24) is 5.32 Å². The highest BCUT2D eigenvalue weighted by molar-refractivity contribution is 9.10. The number of nitrogens with one attached hydrogen (secondary N) is 1. The average Bonchev–Trinajstić information content (AvgIpc) is 2.28. The summed E-state index contributed by atoms with van der Waals surface area (Å²) in [4.78, 5) is 23.1. The molecule has 1 aromatic carbocycles. The number of ketones is 1. The Kier molecular flexibility index (Phi) is 5.15. The van der Waals surface area contributed by atoms with Gasteiger partial charge in [0.2, 0.25) is 0 Å². The molecule has 3 nitrogen and oxygen atoms in total. The Morgan fingerprint density at radius 2 is 2.06 bits per heavy atom. The van der Waals surface area contributed by atoms with Crippen LogP contribution in [0, 0.1) is 5.92 Å². The maximum Gasteiger partial charge on any atom is 0.251 e. The molecule has 0 bridgehead atoms. The molecule has 5 heteroatoms. The fraction of sp³-hybridized carbons (Fsp3) is 0.333. The summed E-state index contributed by atoms with van der Waals surface area (Å²) in [6.45, 7) is 3.65. The molecule has 1 rings (SSSR count).